The molecular formula is C17H19F5O4. The summed E-state index contributed by atoms with van der Waals surface area (Å²) in [7, 11) is 0. The Morgan fingerprint density at radius 2 is 1.96 bits per heavy atom. The van der Waals surface area contributed by atoms with Crippen LogP contribution < -0.4 is 9.47 Å². The zero-order chi connectivity index (χ0) is 19.2. The number of rotatable bonds is 8. The Labute approximate surface area is 147 Å². The van der Waals surface area contributed by atoms with Gasteiger partial charge in [-0.3, -0.25) is 0 Å². The highest BCUT2D eigenvalue weighted by molar-refractivity contribution is 5.33. The SMILES string of the molecule is CCCC1COC(C(F)(F)Oc2ccc(OC=CC(F)F)c(F)c2)OC1. The third-order valence-corrected chi connectivity index (χ3v) is 3.51. The predicted octanol–water partition coefficient (Wildman–Crippen LogP) is 4.74. The number of hydrogen-bond acceptors (Lipinski definition) is 4. The second-order valence-electron chi connectivity index (χ2n) is 5.69. The summed E-state index contributed by atoms with van der Waals surface area (Å²) in [5.41, 5.74) is 0. The van der Waals surface area contributed by atoms with Gasteiger partial charge in [-0.25, -0.2) is 13.2 Å². The van der Waals surface area contributed by atoms with Gasteiger partial charge in [-0.1, -0.05) is 13.3 Å². The first kappa shape index (κ1) is 20.4. The predicted molar refractivity (Wildman–Crippen MR) is 81.8 cm³/mol. The summed E-state index contributed by atoms with van der Waals surface area (Å²) in [4.78, 5) is 0. The van der Waals surface area contributed by atoms with Crippen LogP contribution in [-0.4, -0.2) is 32.0 Å². The lowest BCUT2D eigenvalue weighted by molar-refractivity contribution is -0.352. The molecule has 1 aromatic rings. The Balaban J connectivity index is 1.95. The van der Waals surface area contributed by atoms with Crippen molar-refractivity contribution in [2.24, 2.45) is 5.92 Å². The summed E-state index contributed by atoms with van der Waals surface area (Å²) in [6.45, 7) is 2.21. The van der Waals surface area contributed by atoms with Crippen LogP contribution in [0, 0.1) is 11.7 Å². The van der Waals surface area contributed by atoms with Crippen molar-refractivity contribution in [3.63, 3.8) is 0 Å². The second kappa shape index (κ2) is 9.18. The lowest BCUT2D eigenvalue weighted by Crippen LogP contribution is -2.47. The van der Waals surface area contributed by atoms with Crippen LogP contribution in [0.4, 0.5) is 22.0 Å². The molecule has 1 aromatic carbocycles. The van der Waals surface area contributed by atoms with Gasteiger partial charge in [-0.15, -0.1) is 0 Å². The maximum absolute atomic E-state index is 14.1. The Morgan fingerprint density at radius 3 is 2.54 bits per heavy atom. The first-order valence-corrected chi connectivity index (χ1v) is 8.03. The van der Waals surface area contributed by atoms with E-state index in [2.05, 4.69) is 9.47 Å². The monoisotopic (exact) mass is 382 g/mol. The lowest BCUT2D eigenvalue weighted by atomic mass is 10.1. The molecule has 1 fully saturated rings. The van der Waals surface area contributed by atoms with Gasteiger partial charge in [0.2, 0.25) is 0 Å². The molecule has 9 heteroatoms. The molecule has 0 aliphatic carbocycles. The molecular weight excluding hydrogens is 363 g/mol. The maximum Gasteiger partial charge on any atom is 0.451 e. The quantitative estimate of drug-likeness (QED) is 0.481. The minimum atomic E-state index is -3.83. The Hall–Kier alpha value is -1.87. The molecule has 0 N–H and O–H groups in total. The van der Waals surface area contributed by atoms with Gasteiger partial charge in [0.1, 0.15) is 5.75 Å². The molecule has 0 unspecified atom stereocenters. The molecule has 0 saturated carbocycles. The van der Waals surface area contributed by atoms with E-state index in [1.807, 2.05) is 6.92 Å². The van der Waals surface area contributed by atoms with Gasteiger partial charge >= 0.3 is 6.11 Å². The fourth-order valence-electron chi connectivity index (χ4n) is 2.33. The summed E-state index contributed by atoms with van der Waals surface area (Å²) in [5.74, 6) is -1.90. The first-order chi connectivity index (χ1) is 12.3. The van der Waals surface area contributed by atoms with Crippen molar-refractivity contribution in [3.05, 3.63) is 36.4 Å². The number of benzene rings is 1. The van der Waals surface area contributed by atoms with Gasteiger partial charge in [-0.2, -0.15) is 8.78 Å². The zero-order valence-electron chi connectivity index (χ0n) is 14.0. The summed E-state index contributed by atoms with van der Waals surface area (Å²) >= 11 is 0. The highest BCUT2D eigenvalue weighted by Crippen LogP contribution is 2.32. The minimum absolute atomic E-state index is 0.0437. The first-order valence-electron chi connectivity index (χ1n) is 8.03. The summed E-state index contributed by atoms with van der Waals surface area (Å²) in [5, 5.41) is 0. The van der Waals surface area contributed by atoms with Crippen molar-refractivity contribution >= 4 is 0 Å². The smallest absolute Gasteiger partial charge is 0.451 e. The molecule has 1 aliphatic rings. The minimum Gasteiger partial charge on any atom is -0.462 e. The molecule has 0 aromatic heterocycles. The maximum atomic E-state index is 14.1. The molecule has 0 spiro atoms. The van der Waals surface area contributed by atoms with Crippen LogP contribution in [-0.2, 0) is 9.47 Å². The van der Waals surface area contributed by atoms with Crippen LogP contribution in [0.2, 0.25) is 0 Å². The van der Waals surface area contributed by atoms with Gasteiger partial charge < -0.3 is 18.9 Å². The normalized spacial score (nSPS) is 21.3. The van der Waals surface area contributed by atoms with Crippen molar-refractivity contribution in [2.45, 2.75) is 38.6 Å². The van der Waals surface area contributed by atoms with Crippen molar-refractivity contribution in [3.8, 4) is 11.5 Å². The third kappa shape index (κ3) is 5.84. The van der Waals surface area contributed by atoms with E-state index < -0.39 is 36.1 Å². The lowest BCUT2D eigenvalue weighted by Gasteiger charge is -2.33. The largest absolute Gasteiger partial charge is 0.462 e. The van der Waals surface area contributed by atoms with Crippen molar-refractivity contribution < 1.29 is 40.9 Å². The van der Waals surface area contributed by atoms with E-state index in [1.54, 1.807) is 0 Å². The van der Waals surface area contributed by atoms with E-state index in [1.165, 1.54) is 0 Å². The molecule has 4 nitrogen and oxygen atoms in total. The van der Waals surface area contributed by atoms with Gasteiger partial charge in [0.15, 0.2) is 11.6 Å². The fraction of sp³-hybridized carbons (Fsp3) is 0.529. The number of halogens is 5. The Morgan fingerprint density at radius 1 is 1.27 bits per heavy atom. The molecule has 0 amide bonds. The van der Waals surface area contributed by atoms with Gasteiger partial charge in [-0.05, 0) is 18.6 Å². The fourth-order valence-corrected chi connectivity index (χ4v) is 2.33. The number of hydrogen-bond donors (Lipinski definition) is 0. The number of alkyl halides is 4. The Bertz CT molecular complexity index is 601. The molecule has 0 bridgehead atoms. The molecule has 1 heterocycles. The average molecular weight is 382 g/mol. The number of ether oxygens (including phenoxy) is 4. The molecule has 1 aliphatic heterocycles. The highest BCUT2D eigenvalue weighted by Gasteiger charge is 2.47. The molecule has 1 saturated heterocycles. The van der Waals surface area contributed by atoms with Crippen LogP contribution in [0.15, 0.2) is 30.5 Å². The zero-order valence-corrected chi connectivity index (χ0v) is 14.0. The van der Waals surface area contributed by atoms with Crippen molar-refractivity contribution in [1.29, 1.82) is 0 Å². The summed E-state index contributed by atoms with van der Waals surface area (Å²) in [6, 6.07) is 2.66. The number of allylic oxidation sites excluding steroid dienone is 1. The second-order valence-corrected chi connectivity index (χ2v) is 5.69. The van der Waals surface area contributed by atoms with E-state index in [-0.39, 0.29) is 19.1 Å². The van der Waals surface area contributed by atoms with Crippen molar-refractivity contribution in [1.82, 2.24) is 0 Å². The van der Waals surface area contributed by atoms with Crippen LogP contribution in [0.25, 0.3) is 0 Å². The standard InChI is InChI=1S/C17H19F5O4/c1-2-3-11-9-24-16(25-10-11)17(21,22)26-12-4-5-14(13(18)8-12)23-7-6-15(19)20/h4-8,11,15-16H,2-3,9-10H2,1H3. The van der Waals surface area contributed by atoms with Crippen LogP contribution in [0.5, 0.6) is 11.5 Å². The molecule has 0 atom stereocenters. The molecule has 26 heavy (non-hydrogen) atoms. The van der Waals surface area contributed by atoms with E-state index in [4.69, 9.17) is 9.47 Å². The van der Waals surface area contributed by atoms with E-state index in [0.717, 1.165) is 25.0 Å². The molecule has 0 radical (unpaired) electrons. The summed E-state index contributed by atoms with van der Waals surface area (Å²) < 4.78 is 85.1. The van der Waals surface area contributed by atoms with Gasteiger partial charge in [0.05, 0.1) is 19.5 Å². The topological polar surface area (TPSA) is 36.9 Å². The van der Waals surface area contributed by atoms with Crippen LogP contribution in [0.1, 0.15) is 19.8 Å². The van der Waals surface area contributed by atoms with Crippen LogP contribution >= 0.6 is 0 Å². The Kier molecular flexibility index (Phi) is 7.22. The summed E-state index contributed by atoms with van der Waals surface area (Å²) in [6.07, 6.45) is -5.80. The van der Waals surface area contributed by atoms with E-state index in [9.17, 15) is 22.0 Å². The molecule has 2 rings (SSSR count). The van der Waals surface area contributed by atoms with Gasteiger partial charge in [0.25, 0.3) is 12.7 Å². The van der Waals surface area contributed by atoms with Crippen LogP contribution in [0.3, 0.4) is 0 Å². The van der Waals surface area contributed by atoms with E-state index in [0.29, 0.717) is 18.4 Å². The molecule has 146 valence electrons. The van der Waals surface area contributed by atoms with Gasteiger partial charge in [0, 0.05) is 18.1 Å². The third-order valence-electron chi connectivity index (χ3n) is 3.51. The highest BCUT2D eigenvalue weighted by atomic mass is 19.3. The van der Waals surface area contributed by atoms with Crippen molar-refractivity contribution in [2.75, 3.05) is 13.2 Å². The average Bonchev–Trinajstić information content (AvgIpc) is 2.57. The van der Waals surface area contributed by atoms with E-state index >= 15 is 0 Å².